The number of hydrogen-bond acceptors (Lipinski definition) is 7. The number of aliphatic hydroxyl groups excluding tert-OH is 1. The van der Waals surface area contributed by atoms with Gasteiger partial charge in [0.05, 0.1) is 37.2 Å². The van der Waals surface area contributed by atoms with Gasteiger partial charge in [-0.05, 0) is 58.7 Å². The Bertz CT molecular complexity index is 1440. The van der Waals surface area contributed by atoms with E-state index >= 15 is 0 Å². The molecule has 0 amide bonds. The molecule has 4 aromatic rings. The summed E-state index contributed by atoms with van der Waals surface area (Å²) in [5.41, 5.74) is 4.76. The number of ether oxygens (including phenoxy) is 2. The van der Waals surface area contributed by atoms with E-state index in [0.29, 0.717) is 28.9 Å². The van der Waals surface area contributed by atoms with Crippen LogP contribution in [0.1, 0.15) is 31.8 Å². The molecule has 36 heavy (non-hydrogen) atoms. The monoisotopic (exact) mass is 488 g/mol. The summed E-state index contributed by atoms with van der Waals surface area (Å²) in [6, 6.07) is 13.1. The van der Waals surface area contributed by atoms with Gasteiger partial charge in [0.25, 0.3) is 0 Å². The lowest BCUT2D eigenvalue weighted by Crippen LogP contribution is -2.07. The van der Waals surface area contributed by atoms with E-state index < -0.39 is 17.8 Å². The van der Waals surface area contributed by atoms with E-state index in [9.17, 15) is 19.1 Å². The number of carbonyl (C=O) groups excluding carboxylic acids is 1. The van der Waals surface area contributed by atoms with Crippen molar-refractivity contribution in [3.8, 4) is 28.0 Å². The predicted molar refractivity (Wildman–Crippen MR) is 128 cm³/mol. The number of aromatic carboxylic acids is 1. The maximum absolute atomic E-state index is 13.7. The van der Waals surface area contributed by atoms with Gasteiger partial charge in [0.1, 0.15) is 18.2 Å². The van der Waals surface area contributed by atoms with Crippen molar-refractivity contribution in [3.05, 3.63) is 101 Å². The van der Waals surface area contributed by atoms with Crippen LogP contribution in [0.4, 0.5) is 4.39 Å². The minimum Gasteiger partial charge on any atom is -0.487 e. The number of rotatable bonds is 4. The number of methoxy groups -OCH3 is 1. The molecule has 182 valence electrons. The van der Waals surface area contributed by atoms with Gasteiger partial charge < -0.3 is 19.7 Å². The van der Waals surface area contributed by atoms with Crippen molar-refractivity contribution >= 4 is 11.9 Å². The molecule has 0 fully saturated rings. The smallest absolute Gasteiger partial charge is 0.337 e. The van der Waals surface area contributed by atoms with E-state index in [-0.39, 0.29) is 12.2 Å². The van der Waals surface area contributed by atoms with Gasteiger partial charge in [0, 0.05) is 23.5 Å². The average Bonchev–Trinajstić information content (AvgIpc) is 2.92. The third-order valence-corrected chi connectivity index (χ3v) is 5.57. The number of nitrogens with zero attached hydrogens (tertiary/aromatic N) is 2. The number of aliphatic hydroxyl groups is 1. The van der Waals surface area contributed by atoms with Crippen LogP contribution in [0.5, 0.6) is 5.75 Å². The van der Waals surface area contributed by atoms with E-state index in [2.05, 4.69) is 14.7 Å². The largest absolute Gasteiger partial charge is 0.487 e. The highest BCUT2D eigenvalue weighted by atomic mass is 19.1. The molecule has 8 nitrogen and oxygen atoms in total. The molecule has 0 saturated heterocycles. The SMILES string of the molecule is COC(=O)c1ccc(-c2ccncc2F)c(CO)c1.O=C(O)c1ccc2c(c1)COc1cnccc1-2. The average molecular weight is 488 g/mol. The number of benzene rings is 2. The highest BCUT2D eigenvalue weighted by molar-refractivity contribution is 5.91. The molecule has 0 saturated carbocycles. The lowest BCUT2D eigenvalue weighted by molar-refractivity contribution is 0.0599. The summed E-state index contributed by atoms with van der Waals surface area (Å²) in [6.07, 6.45) is 5.93. The van der Waals surface area contributed by atoms with Crippen LogP contribution < -0.4 is 4.74 Å². The third-order valence-electron chi connectivity index (χ3n) is 5.57. The van der Waals surface area contributed by atoms with Crippen LogP contribution in [0.3, 0.4) is 0 Å². The molecular formula is C27H21FN2O6. The van der Waals surface area contributed by atoms with Gasteiger partial charge in [-0.2, -0.15) is 0 Å². The van der Waals surface area contributed by atoms with Crippen molar-refractivity contribution in [1.82, 2.24) is 9.97 Å². The van der Waals surface area contributed by atoms with Crippen LogP contribution in [-0.2, 0) is 18.0 Å². The molecule has 0 atom stereocenters. The molecule has 9 heteroatoms. The maximum atomic E-state index is 13.7. The van der Waals surface area contributed by atoms with E-state index in [0.717, 1.165) is 28.6 Å². The van der Waals surface area contributed by atoms with Crippen molar-refractivity contribution in [2.45, 2.75) is 13.2 Å². The topological polar surface area (TPSA) is 119 Å². The Balaban J connectivity index is 0.000000170. The van der Waals surface area contributed by atoms with E-state index in [1.165, 1.54) is 31.5 Å². The minimum absolute atomic E-state index is 0.282. The first-order chi connectivity index (χ1) is 17.4. The number of halogens is 1. The molecule has 5 rings (SSSR count). The number of fused-ring (bicyclic) bond motifs is 3. The van der Waals surface area contributed by atoms with Crippen LogP contribution in [0.25, 0.3) is 22.3 Å². The Morgan fingerprint density at radius 2 is 1.64 bits per heavy atom. The zero-order valence-corrected chi connectivity index (χ0v) is 19.1. The van der Waals surface area contributed by atoms with Gasteiger partial charge in [-0.1, -0.05) is 12.1 Å². The summed E-state index contributed by atoms with van der Waals surface area (Å²) in [5.74, 6) is -1.17. The minimum atomic E-state index is -0.923. The van der Waals surface area contributed by atoms with Crippen molar-refractivity contribution in [2.24, 2.45) is 0 Å². The van der Waals surface area contributed by atoms with Crippen LogP contribution in [0, 0.1) is 5.82 Å². The number of pyridine rings is 2. The number of hydrogen-bond donors (Lipinski definition) is 2. The summed E-state index contributed by atoms with van der Waals surface area (Å²) >= 11 is 0. The van der Waals surface area contributed by atoms with E-state index in [1.54, 1.807) is 30.6 Å². The summed E-state index contributed by atoms with van der Waals surface area (Å²) < 4.78 is 23.8. The Labute approximate surface area is 205 Å². The van der Waals surface area contributed by atoms with Crippen LogP contribution >= 0.6 is 0 Å². The van der Waals surface area contributed by atoms with Crippen molar-refractivity contribution in [1.29, 1.82) is 0 Å². The zero-order chi connectivity index (χ0) is 25.7. The van der Waals surface area contributed by atoms with Gasteiger partial charge in [-0.3, -0.25) is 9.97 Å². The fraction of sp³-hybridized carbons (Fsp3) is 0.111. The van der Waals surface area contributed by atoms with Gasteiger partial charge in [0.15, 0.2) is 0 Å². The highest BCUT2D eigenvalue weighted by Crippen LogP contribution is 2.36. The third kappa shape index (κ3) is 5.06. The summed E-state index contributed by atoms with van der Waals surface area (Å²) in [5, 5.41) is 18.3. The number of carboxylic acids is 1. The lowest BCUT2D eigenvalue weighted by atomic mass is 9.96. The first-order valence-electron chi connectivity index (χ1n) is 10.8. The molecular weight excluding hydrogens is 467 g/mol. The molecule has 0 radical (unpaired) electrons. The standard InChI is InChI=1S/C14H12FNO3.C13H9NO3/c1-19-14(18)9-2-3-11(10(6-9)8-17)12-4-5-16-7-13(12)15;15-13(16)8-1-2-10-9(5-8)7-17-12-6-14-4-3-11(10)12/h2-7,17H,8H2,1H3;1-6H,7H2,(H,15,16). The van der Waals surface area contributed by atoms with Gasteiger partial charge in [0.2, 0.25) is 0 Å². The molecule has 0 unspecified atom stereocenters. The van der Waals surface area contributed by atoms with E-state index in [1.807, 2.05) is 12.1 Å². The number of aromatic nitrogens is 2. The molecule has 0 spiro atoms. The number of esters is 1. The molecule has 3 heterocycles. The van der Waals surface area contributed by atoms with Crippen LogP contribution in [0.2, 0.25) is 0 Å². The second-order valence-electron chi connectivity index (χ2n) is 7.71. The van der Waals surface area contributed by atoms with Crippen LogP contribution in [0.15, 0.2) is 73.3 Å². The predicted octanol–water partition coefficient (Wildman–Crippen LogP) is 4.51. The quantitative estimate of drug-likeness (QED) is 0.403. The Kier molecular flexibility index (Phi) is 7.31. The zero-order valence-electron chi connectivity index (χ0n) is 19.1. The first kappa shape index (κ1) is 24.5. The molecule has 1 aliphatic rings. The van der Waals surface area contributed by atoms with Crippen molar-refractivity contribution in [3.63, 3.8) is 0 Å². The fourth-order valence-corrected chi connectivity index (χ4v) is 3.81. The summed E-state index contributed by atoms with van der Waals surface area (Å²) in [7, 11) is 1.28. The van der Waals surface area contributed by atoms with E-state index in [4.69, 9.17) is 9.84 Å². The molecule has 2 aromatic carbocycles. The Morgan fingerprint density at radius 1 is 0.944 bits per heavy atom. The molecule has 1 aliphatic heterocycles. The first-order valence-corrected chi connectivity index (χ1v) is 10.8. The van der Waals surface area contributed by atoms with Gasteiger partial charge in [-0.25, -0.2) is 14.0 Å². The fourth-order valence-electron chi connectivity index (χ4n) is 3.81. The van der Waals surface area contributed by atoms with Crippen molar-refractivity contribution < 1.29 is 33.7 Å². The Hall–Kier alpha value is -4.63. The second-order valence-corrected chi connectivity index (χ2v) is 7.71. The number of carboxylic acid groups (broad SMARTS) is 1. The normalized spacial score (nSPS) is 11.2. The second kappa shape index (κ2) is 10.7. The van der Waals surface area contributed by atoms with Crippen LogP contribution in [-0.4, -0.2) is 39.2 Å². The maximum Gasteiger partial charge on any atom is 0.337 e. The summed E-state index contributed by atoms with van der Waals surface area (Å²) in [6.45, 7) is 0.0804. The molecule has 2 N–H and O–H groups in total. The van der Waals surface area contributed by atoms with Gasteiger partial charge in [-0.15, -0.1) is 0 Å². The molecule has 0 bridgehead atoms. The highest BCUT2D eigenvalue weighted by Gasteiger charge is 2.18. The molecule has 0 aliphatic carbocycles. The lowest BCUT2D eigenvalue weighted by Gasteiger charge is -2.20. The van der Waals surface area contributed by atoms with Crippen molar-refractivity contribution in [2.75, 3.05) is 7.11 Å². The molecule has 2 aromatic heterocycles. The number of carbonyl (C=O) groups is 2. The Morgan fingerprint density at radius 3 is 2.33 bits per heavy atom. The summed E-state index contributed by atoms with van der Waals surface area (Å²) in [4.78, 5) is 30.0. The van der Waals surface area contributed by atoms with Gasteiger partial charge >= 0.3 is 11.9 Å².